The lowest BCUT2D eigenvalue weighted by molar-refractivity contribution is -0.136. The summed E-state index contributed by atoms with van der Waals surface area (Å²) in [6.07, 6.45) is -4.49. The number of benzene rings is 2. The Kier molecular flexibility index (Phi) is 6.10. The Balaban J connectivity index is 1.97. The largest absolute Gasteiger partial charge is 0.418 e. The van der Waals surface area contributed by atoms with Crippen LogP contribution in [0.2, 0.25) is 0 Å². The van der Waals surface area contributed by atoms with E-state index >= 15 is 0 Å². The third-order valence-corrected chi connectivity index (χ3v) is 3.89. The van der Waals surface area contributed by atoms with Crippen LogP contribution in [0, 0.1) is 0 Å². The van der Waals surface area contributed by atoms with Crippen LogP contribution in [0.5, 0.6) is 0 Å². The van der Waals surface area contributed by atoms with Crippen molar-refractivity contribution in [2.45, 2.75) is 6.18 Å². The van der Waals surface area contributed by atoms with Gasteiger partial charge in [0.25, 0.3) is 0 Å². The van der Waals surface area contributed by atoms with E-state index in [1.165, 1.54) is 18.2 Å². The second kappa shape index (κ2) is 8.71. The van der Waals surface area contributed by atoms with Crippen molar-refractivity contribution in [2.75, 3.05) is 30.9 Å². The number of rotatable bonds is 7. The summed E-state index contributed by atoms with van der Waals surface area (Å²) in [6.45, 7) is 0.963. The number of aromatic nitrogens is 2. The minimum absolute atomic E-state index is 0.0676. The molecule has 5 nitrogen and oxygen atoms in total. The zero-order valence-electron chi connectivity index (χ0n) is 15.1. The Morgan fingerprint density at radius 2 is 1.68 bits per heavy atom. The minimum atomic E-state index is -4.49. The molecule has 0 fully saturated rings. The van der Waals surface area contributed by atoms with Crippen molar-refractivity contribution in [2.24, 2.45) is 0 Å². The topological polar surface area (TPSA) is 59.1 Å². The Labute approximate surface area is 160 Å². The summed E-state index contributed by atoms with van der Waals surface area (Å²) < 4.78 is 44.8. The molecular weight excluding hydrogens is 369 g/mol. The second-order valence-corrected chi connectivity index (χ2v) is 5.92. The van der Waals surface area contributed by atoms with Gasteiger partial charge in [-0.3, -0.25) is 0 Å². The standard InChI is InChI=1S/C20H19F3N4O/c1-28-12-11-24-18-13-17(14-7-3-2-4-8-14)26-19(27-18)25-16-10-6-5-9-15(16)20(21,22)23/h2-10,13H,11-12H2,1H3,(H2,24,25,26,27). The van der Waals surface area contributed by atoms with Crippen LogP contribution in [0.15, 0.2) is 60.7 Å². The molecule has 0 aliphatic heterocycles. The first-order valence-corrected chi connectivity index (χ1v) is 8.58. The quantitative estimate of drug-likeness (QED) is 0.560. The number of para-hydroxylation sites is 1. The molecular formula is C20H19F3N4O. The molecule has 0 bridgehead atoms. The first kappa shape index (κ1) is 19.6. The van der Waals surface area contributed by atoms with Gasteiger partial charge < -0.3 is 15.4 Å². The second-order valence-electron chi connectivity index (χ2n) is 5.92. The number of hydrogen-bond donors (Lipinski definition) is 2. The van der Waals surface area contributed by atoms with Crippen molar-refractivity contribution in [3.63, 3.8) is 0 Å². The molecule has 8 heteroatoms. The molecule has 0 atom stereocenters. The van der Waals surface area contributed by atoms with Crippen LogP contribution >= 0.6 is 0 Å². The van der Waals surface area contributed by atoms with Gasteiger partial charge in [-0.1, -0.05) is 42.5 Å². The number of hydrogen-bond acceptors (Lipinski definition) is 5. The van der Waals surface area contributed by atoms with E-state index < -0.39 is 11.7 Å². The summed E-state index contributed by atoms with van der Waals surface area (Å²) in [4.78, 5) is 8.68. The molecule has 1 heterocycles. The fraction of sp³-hybridized carbons (Fsp3) is 0.200. The van der Waals surface area contributed by atoms with E-state index in [0.717, 1.165) is 11.6 Å². The summed E-state index contributed by atoms with van der Waals surface area (Å²) in [5.41, 5.74) is 0.523. The van der Waals surface area contributed by atoms with Gasteiger partial charge in [-0.25, -0.2) is 4.98 Å². The maximum Gasteiger partial charge on any atom is 0.418 e. The van der Waals surface area contributed by atoms with Gasteiger partial charge in [-0.05, 0) is 12.1 Å². The SMILES string of the molecule is COCCNc1cc(-c2ccccc2)nc(Nc2ccccc2C(F)(F)F)n1. The fourth-order valence-electron chi connectivity index (χ4n) is 2.59. The third-order valence-electron chi connectivity index (χ3n) is 3.89. The summed E-state index contributed by atoms with van der Waals surface area (Å²) in [5, 5.41) is 5.79. The van der Waals surface area contributed by atoms with Gasteiger partial charge in [-0.2, -0.15) is 18.2 Å². The predicted octanol–water partition coefficient (Wildman–Crippen LogP) is 4.96. The molecule has 28 heavy (non-hydrogen) atoms. The third kappa shape index (κ3) is 4.98. The molecule has 2 N–H and O–H groups in total. The van der Waals surface area contributed by atoms with Crippen LogP contribution in [0.4, 0.5) is 30.6 Å². The summed E-state index contributed by atoms with van der Waals surface area (Å²) in [6, 6.07) is 16.3. The molecule has 0 aliphatic carbocycles. The summed E-state index contributed by atoms with van der Waals surface area (Å²) in [7, 11) is 1.58. The minimum Gasteiger partial charge on any atom is -0.383 e. The molecule has 0 saturated carbocycles. The molecule has 2 aromatic carbocycles. The van der Waals surface area contributed by atoms with Crippen molar-refractivity contribution in [1.29, 1.82) is 0 Å². The fourth-order valence-corrected chi connectivity index (χ4v) is 2.59. The lowest BCUT2D eigenvalue weighted by Crippen LogP contribution is -2.12. The van der Waals surface area contributed by atoms with E-state index in [4.69, 9.17) is 4.74 Å². The maximum absolute atomic E-state index is 13.3. The number of nitrogens with one attached hydrogen (secondary N) is 2. The highest BCUT2D eigenvalue weighted by molar-refractivity contribution is 5.67. The predicted molar refractivity (Wildman–Crippen MR) is 103 cm³/mol. The zero-order valence-corrected chi connectivity index (χ0v) is 15.1. The Morgan fingerprint density at radius 1 is 0.964 bits per heavy atom. The molecule has 0 aliphatic rings. The van der Waals surface area contributed by atoms with Gasteiger partial charge in [0.15, 0.2) is 0 Å². The first-order chi connectivity index (χ1) is 13.5. The summed E-state index contributed by atoms with van der Waals surface area (Å²) in [5.74, 6) is 0.552. The maximum atomic E-state index is 13.3. The molecule has 0 amide bonds. The van der Waals surface area contributed by atoms with Crippen molar-refractivity contribution in [3.8, 4) is 11.3 Å². The normalized spacial score (nSPS) is 11.3. The number of alkyl halides is 3. The highest BCUT2D eigenvalue weighted by Crippen LogP contribution is 2.35. The smallest absolute Gasteiger partial charge is 0.383 e. The van der Waals surface area contributed by atoms with E-state index in [9.17, 15) is 13.2 Å². The lowest BCUT2D eigenvalue weighted by Gasteiger charge is -2.15. The van der Waals surface area contributed by atoms with Gasteiger partial charge >= 0.3 is 6.18 Å². The zero-order chi connectivity index (χ0) is 20.0. The number of methoxy groups -OCH3 is 1. The van der Waals surface area contributed by atoms with Gasteiger partial charge in [0.2, 0.25) is 5.95 Å². The Hall–Kier alpha value is -3.13. The molecule has 146 valence electrons. The Bertz CT molecular complexity index is 917. The van der Waals surface area contributed by atoms with Gasteiger partial charge in [0.05, 0.1) is 23.6 Å². The van der Waals surface area contributed by atoms with Gasteiger partial charge in [0, 0.05) is 25.3 Å². The van der Waals surface area contributed by atoms with Gasteiger partial charge in [0.1, 0.15) is 5.82 Å². The van der Waals surface area contributed by atoms with Crippen molar-refractivity contribution in [1.82, 2.24) is 9.97 Å². The van der Waals surface area contributed by atoms with Crippen molar-refractivity contribution >= 4 is 17.5 Å². The molecule has 0 radical (unpaired) electrons. The number of nitrogens with zero attached hydrogens (tertiary/aromatic N) is 2. The number of halogens is 3. The molecule has 1 aromatic heterocycles. The lowest BCUT2D eigenvalue weighted by atomic mass is 10.1. The van der Waals surface area contributed by atoms with Crippen LogP contribution in [-0.2, 0) is 10.9 Å². The number of anilines is 3. The molecule has 0 unspecified atom stereocenters. The van der Waals surface area contributed by atoms with Crippen LogP contribution in [0.25, 0.3) is 11.3 Å². The van der Waals surface area contributed by atoms with Crippen molar-refractivity contribution in [3.05, 3.63) is 66.2 Å². The van der Waals surface area contributed by atoms with Crippen LogP contribution in [-0.4, -0.2) is 30.2 Å². The monoisotopic (exact) mass is 388 g/mol. The van der Waals surface area contributed by atoms with E-state index in [1.807, 2.05) is 30.3 Å². The number of ether oxygens (including phenoxy) is 1. The van der Waals surface area contributed by atoms with E-state index in [-0.39, 0.29) is 11.6 Å². The molecule has 3 rings (SSSR count). The Morgan fingerprint density at radius 3 is 2.39 bits per heavy atom. The summed E-state index contributed by atoms with van der Waals surface area (Å²) >= 11 is 0. The van der Waals surface area contributed by atoms with Crippen LogP contribution in [0.3, 0.4) is 0 Å². The average Bonchev–Trinajstić information content (AvgIpc) is 2.68. The average molecular weight is 388 g/mol. The highest BCUT2D eigenvalue weighted by Gasteiger charge is 2.33. The van der Waals surface area contributed by atoms with E-state index in [2.05, 4.69) is 20.6 Å². The first-order valence-electron chi connectivity index (χ1n) is 8.58. The van der Waals surface area contributed by atoms with Crippen LogP contribution in [0.1, 0.15) is 5.56 Å². The van der Waals surface area contributed by atoms with E-state index in [0.29, 0.717) is 24.7 Å². The van der Waals surface area contributed by atoms with E-state index in [1.54, 1.807) is 13.2 Å². The van der Waals surface area contributed by atoms with Gasteiger partial charge in [-0.15, -0.1) is 0 Å². The highest BCUT2D eigenvalue weighted by atomic mass is 19.4. The molecule has 3 aromatic rings. The van der Waals surface area contributed by atoms with Crippen molar-refractivity contribution < 1.29 is 17.9 Å². The van der Waals surface area contributed by atoms with Crippen LogP contribution < -0.4 is 10.6 Å². The molecule has 0 saturated heterocycles. The molecule has 0 spiro atoms.